The second-order valence-electron chi connectivity index (χ2n) is 4.12. The Morgan fingerprint density at radius 1 is 1.23 bits per heavy atom. The first kappa shape index (κ1) is 11.3. The molecule has 0 aromatic rings. The highest BCUT2D eigenvalue weighted by Gasteiger charge is 2.40. The Morgan fingerprint density at radius 3 is 2.54 bits per heavy atom. The van der Waals surface area contributed by atoms with E-state index in [2.05, 4.69) is 5.32 Å². The minimum atomic E-state index is -2.71. The molecule has 0 aromatic heterocycles. The molecule has 1 atom stereocenters. The average molecular weight is 226 g/mol. The van der Waals surface area contributed by atoms with Crippen molar-refractivity contribution in [3.8, 4) is 0 Å². The number of halogens is 1. The van der Waals surface area contributed by atoms with Crippen LogP contribution in [-0.2, 0) is 9.84 Å². The summed E-state index contributed by atoms with van der Waals surface area (Å²) in [5, 5.41) is 3.26. The van der Waals surface area contributed by atoms with Crippen molar-refractivity contribution in [1.29, 1.82) is 0 Å². The van der Waals surface area contributed by atoms with Crippen molar-refractivity contribution in [2.75, 3.05) is 24.6 Å². The molecule has 3 nitrogen and oxygen atoms in total. The zero-order valence-corrected chi connectivity index (χ0v) is 9.22. The molecule has 2 fully saturated rings. The van der Waals surface area contributed by atoms with E-state index in [1.807, 2.05) is 0 Å². The van der Waals surface area contributed by atoms with E-state index in [-0.39, 0.29) is 17.8 Å². The molecule has 78 valence electrons. The van der Waals surface area contributed by atoms with Gasteiger partial charge in [-0.15, -0.1) is 12.4 Å². The molecule has 0 aliphatic carbocycles. The van der Waals surface area contributed by atoms with Crippen molar-refractivity contribution < 1.29 is 8.42 Å². The van der Waals surface area contributed by atoms with Crippen molar-refractivity contribution in [2.24, 2.45) is 5.41 Å². The van der Waals surface area contributed by atoms with Crippen LogP contribution >= 0.6 is 12.4 Å². The predicted octanol–water partition coefficient (Wildman–Crippen LogP) is 0.597. The van der Waals surface area contributed by atoms with E-state index in [4.69, 9.17) is 0 Å². The fraction of sp³-hybridized carbons (Fsp3) is 1.00. The predicted molar refractivity (Wildman–Crippen MR) is 55.1 cm³/mol. The first-order chi connectivity index (χ1) is 5.62. The van der Waals surface area contributed by atoms with Crippen LogP contribution in [0.15, 0.2) is 0 Å². The Hall–Kier alpha value is 0.200. The molecule has 2 saturated heterocycles. The molecular weight excluding hydrogens is 210 g/mol. The van der Waals surface area contributed by atoms with Crippen LogP contribution in [0.3, 0.4) is 0 Å². The molecule has 13 heavy (non-hydrogen) atoms. The van der Waals surface area contributed by atoms with Gasteiger partial charge in [-0.3, -0.25) is 0 Å². The van der Waals surface area contributed by atoms with Crippen molar-refractivity contribution in [3.63, 3.8) is 0 Å². The first-order valence-electron chi connectivity index (χ1n) is 4.53. The van der Waals surface area contributed by atoms with E-state index in [1.54, 1.807) is 0 Å². The highest BCUT2D eigenvalue weighted by Crippen LogP contribution is 2.36. The quantitative estimate of drug-likeness (QED) is 0.657. The van der Waals surface area contributed by atoms with Crippen LogP contribution < -0.4 is 5.32 Å². The number of rotatable bonds is 0. The number of nitrogens with one attached hydrogen (secondary N) is 1. The van der Waals surface area contributed by atoms with Crippen LogP contribution in [-0.4, -0.2) is 33.0 Å². The maximum absolute atomic E-state index is 11.4. The molecule has 0 bridgehead atoms. The van der Waals surface area contributed by atoms with Gasteiger partial charge >= 0.3 is 0 Å². The fourth-order valence-corrected chi connectivity index (χ4v) is 4.46. The summed E-state index contributed by atoms with van der Waals surface area (Å²) in [6.07, 6.45) is 3.01. The molecule has 1 N–H and O–H groups in total. The van der Waals surface area contributed by atoms with Crippen molar-refractivity contribution >= 4 is 22.2 Å². The molecular formula is C8H16ClNO2S. The Labute approximate surface area is 85.6 Å². The summed E-state index contributed by atoms with van der Waals surface area (Å²) in [6, 6.07) is 0. The standard InChI is InChI=1S/C8H15NO2S.ClH/c10-12(11)5-1-2-8(7-12)3-4-9-6-8;/h9H,1-7H2;1H. The van der Waals surface area contributed by atoms with E-state index in [0.29, 0.717) is 11.5 Å². The van der Waals surface area contributed by atoms with Crippen LogP contribution in [0.5, 0.6) is 0 Å². The van der Waals surface area contributed by atoms with Crippen molar-refractivity contribution in [1.82, 2.24) is 5.32 Å². The molecule has 1 unspecified atom stereocenters. The van der Waals surface area contributed by atoms with Gasteiger partial charge in [0, 0.05) is 6.54 Å². The van der Waals surface area contributed by atoms with Gasteiger partial charge in [0.05, 0.1) is 11.5 Å². The molecule has 0 saturated carbocycles. The second kappa shape index (κ2) is 3.75. The van der Waals surface area contributed by atoms with Gasteiger partial charge in [0.2, 0.25) is 0 Å². The van der Waals surface area contributed by atoms with Gasteiger partial charge in [-0.1, -0.05) is 0 Å². The second-order valence-corrected chi connectivity index (χ2v) is 6.31. The van der Waals surface area contributed by atoms with E-state index >= 15 is 0 Å². The molecule has 0 radical (unpaired) electrons. The molecule has 2 aliphatic rings. The van der Waals surface area contributed by atoms with Gasteiger partial charge in [-0.2, -0.15) is 0 Å². The normalized spacial score (nSPS) is 37.2. The Kier molecular flexibility index (Phi) is 3.25. The van der Waals surface area contributed by atoms with Gasteiger partial charge in [0.15, 0.2) is 9.84 Å². The summed E-state index contributed by atoms with van der Waals surface area (Å²) in [6.45, 7) is 1.90. The Bertz CT molecular complexity index is 270. The van der Waals surface area contributed by atoms with Crippen LogP contribution in [0, 0.1) is 5.41 Å². The molecule has 1 spiro atoms. The molecule has 0 aromatic carbocycles. The lowest BCUT2D eigenvalue weighted by atomic mass is 9.84. The van der Waals surface area contributed by atoms with E-state index in [9.17, 15) is 8.42 Å². The lowest BCUT2D eigenvalue weighted by molar-refractivity contribution is 0.320. The molecule has 5 heteroatoms. The van der Waals surface area contributed by atoms with Crippen LogP contribution in [0.25, 0.3) is 0 Å². The van der Waals surface area contributed by atoms with Crippen molar-refractivity contribution in [2.45, 2.75) is 19.3 Å². The lowest BCUT2D eigenvalue weighted by Crippen LogP contribution is -2.37. The highest BCUT2D eigenvalue weighted by atomic mass is 35.5. The largest absolute Gasteiger partial charge is 0.316 e. The summed E-state index contributed by atoms with van der Waals surface area (Å²) < 4.78 is 22.8. The highest BCUT2D eigenvalue weighted by molar-refractivity contribution is 7.91. The zero-order valence-electron chi connectivity index (χ0n) is 7.58. The molecule has 0 amide bonds. The third kappa shape index (κ3) is 2.36. The van der Waals surface area contributed by atoms with Crippen LogP contribution in [0.1, 0.15) is 19.3 Å². The van der Waals surface area contributed by atoms with Gasteiger partial charge in [-0.25, -0.2) is 8.42 Å². The maximum atomic E-state index is 11.4. The summed E-state index contributed by atoms with van der Waals surface area (Å²) in [7, 11) is -2.71. The zero-order chi connectivity index (χ0) is 8.66. The number of sulfone groups is 1. The van der Waals surface area contributed by atoms with E-state index in [1.165, 1.54) is 0 Å². The Morgan fingerprint density at radius 2 is 2.00 bits per heavy atom. The SMILES string of the molecule is Cl.O=S1(=O)CCCC2(CCNC2)C1. The minimum Gasteiger partial charge on any atom is -0.316 e. The van der Waals surface area contributed by atoms with Crippen LogP contribution in [0.4, 0.5) is 0 Å². The average Bonchev–Trinajstić information content (AvgIpc) is 2.34. The van der Waals surface area contributed by atoms with Gasteiger partial charge in [-0.05, 0) is 31.2 Å². The third-order valence-electron chi connectivity index (χ3n) is 3.02. The summed E-state index contributed by atoms with van der Waals surface area (Å²) in [4.78, 5) is 0. The van der Waals surface area contributed by atoms with E-state index < -0.39 is 9.84 Å². The fourth-order valence-electron chi connectivity index (χ4n) is 2.41. The summed E-state index contributed by atoms with van der Waals surface area (Å²) >= 11 is 0. The maximum Gasteiger partial charge on any atom is 0.150 e. The monoisotopic (exact) mass is 225 g/mol. The minimum absolute atomic E-state index is 0. The smallest absolute Gasteiger partial charge is 0.150 e. The number of hydrogen-bond donors (Lipinski definition) is 1. The lowest BCUT2D eigenvalue weighted by Gasteiger charge is -2.31. The third-order valence-corrected chi connectivity index (χ3v) is 4.98. The first-order valence-corrected chi connectivity index (χ1v) is 6.35. The number of hydrogen-bond acceptors (Lipinski definition) is 3. The van der Waals surface area contributed by atoms with Crippen LogP contribution in [0.2, 0.25) is 0 Å². The molecule has 2 rings (SSSR count). The van der Waals surface area contributed by atoms with E-state index in [0.717, 1.165) is 32.4 Å². The van der Waals surface area contributed by atoms with Gasteiger partial charge in [0.1, 0.15) is 0 Å². The van der Waals surface area contributed by atoms with Gasteiger partial charge in [0.25, 0.3) is 0 Å². The van der Waals surface area contributed by atoms with Gasteiger partial charge < -0.3 is 5.32 Å². The molecule has 2 aliphatic heterocycles. The summed E-state index contributed by atoms with van der Waals surface area (Å²) in [5.74, 6) is 0.835. The van der Waals surface area contributed by atoms with Crippen molar-refractivity contribution in [3.05, 3.63) is 0 Å². The Balaban J connectivity index is 0.000000845. The summed E-state index contributed by atoms with van der Waals surface area (Å²) in [5.41, 5.74) is 0.108. The molecule has 2 heterocycles. The topological polar surface area (TPSA) is 46.2 Å².